The molecule has 1 unspecified atom stereocenters. The quantitative estimate of drug-likeness (QED) is 0.903. The first-order valence-electron chi connectivity index (χ1n) is 5.55. The summed E-state index contributed by atoms with van der Waals surface area (Å²) in [5.74, 6) is 0. The third kappa shape index (κ3) is 3.80. The van der Waals surface area contributed by atoms with E-state index < -0.39 is 0 Å². The Labute approximate surface area is 109 Å². The van der Waals surface area contributed by atoms with Crippen LogP contribution in [0, 0.1) is 0 Å². The van der Waals surface area contributed by atoms with E-state index >= 15 is 0 Å². The molecule has 0 saturated carbocycles. The average molecular weight is 265 g/mol. The lowest BCUT2D eigenvalue weighted by Gasteiger charge is -2.08. The van der Waals surface area contributed by atoms with E-state index in [9.17, 15) is 0 Å². The maximum absolute atomic E-state index is 5.91. The summed E-state index contributed by atoms with van der Waals surface area (Å²) in [6, 6.07) is 4.36. The smallest absolute Gasteiger partial charge is 0.156 e. The highest BCUT2D eigenvalue weighted by Gasteiger charge is 2.04. The fraction of sp³-hybridized carbons (Fsp3) is 0.333. The molecule has 2 N–H and O–H groups in total. The van der Waals surface area contributed by atoms with Gasteiger partial charge in [0.2, 0.25) is 0 Å². The summed E-state index contributed by atoms with van der Waals surface area (Å²) in [5, 5.41) is 2.95. The Morgan fingerprint density at radius 3 is 2.88 bits per heavy atom. The molecule has 0 aliphatic carbocycles. The van der Waals surface area contributed by atoms with Gasteiger partial charge in [0, 0.05) is 23.8 Å². The van der Waals surface area contributed by atoms with Gasteiger partial charge in [-0.15, -0.1) is 11.3 Å². The molecule has 2 rings (SSSR count). The normalized spacial score (nSPS) is 12.6. The van der Waals surface area contributed by atoms with Gasteiger partial charge >= 0.3 is 0 Å². The Balaban J connectivity index is 1.98. The molecular formula is C12H15N3S2. The number of rotatable bonds is 5. The van der Waals surface area contributed by atoms with Gasteiger partial charge in [0.15, 0.2) is 4.34 Å². The van der Waals surface area contributed by atoms with Crippen molar-refractivity contribution in [1.29, 1.82) is 0 Å². The molecule has 0 amide bonds. The Morgan fingerprint density at radius 1 is 1.41 bits per heavy atom. The van der Waals surface area contributed by atoms with Crippen LogP contribution in [0.15, 0.2) is 39.3 Å². The molecule has 0 fully saturated rings. The van der Waals surface area contributed by atoms with Gasteiger partial charge in [0.1, 0.15) is 5.03 Å². The van der Waals surface area contributed by atoms with Crippen LogP contribution in [0.4, 0.5) is 0 Å². The number of hydrogen-bond acceptors (Lipinski definition) is 5. The first-order valence-corrected chi connectivity index (χ1v) is 7.25. The largest absolute Gasteiger partial charge is 0.327 e. The number of thiazole rings is 1. The van der Waals surface area contributed by atoms with Crippen molar-refractivity contribution in [3.63, 3.8) is 0 Å². The molecule has 90 valence electrons. The molecule has 0 saturated heterocycles. The molecule has 0 aliphatic heterocycles. The number of aromatic nitrogens is 2. The van der Waals surface area contributed by atoms with Crippen molar-refractivity contribution in [3.05, 3.63) is 35.5 Å². The number of nitrogens with zero attached hydrogens (tertiary/aromatic N) is 2. The second-order valence-electron chi connectivity index (χ2n) is 3.78. The minimum atomic E-state index is 0.231. The Bertz CT molecular complexity index is 439. The molecule has 0 bridgehead atoms. The lowest BCUT2D eigenvalue weighted by Crippen LogP contribution is -2.21. The van der Waals surface area contributed by atoms with Gasteiger partial charge in [-0.3, -0.25) is 0 Å². The van der Waals surface area contributed by atoms with E-state index in [-0.39, 0.29) is 6.04 Å². The summed E-state index contributed by atoms with van der Waals surface area (Å²) in [7, 11) is 0. The zero-order valence-corrected chi connectivity index (χ0v) is 11.3. The number of pyridine rings is 1. The van der Waals surface area contributed by atoms with E-state index in [1.807, 2.05) is 23.8 Å². The maximum atomic E-state index is 5.91. The average Bonchev–Trinajstić information content (AvgIpc) is 2.84. The van der Waals surface area contributed by atoms with E-state index in [2.05, 4.69) is 23.0 Å². The molecule has 17 heavy (non-hydrogen) atoms. The van der Waals surface area contributed by atoms with Gasteiger partial charge in [-0.2, -0.15) is 0 Å². The second-order valence-corrected chi connectivity index (χ2v) is 5.94. The van der Waals surface area contributed by atoms with Crippen LogP contribution in [0.25, 0.3) is 0 Å². The summed E-state index contributed by atoms with van der Waals surface area (Å²) in [6.45, 7) is 2.10. The molecule has 3 nitrogen and oxygen atoms in total. The van der Waals surface area contributed by atoms with Crippen molar-refractivity contribution < 1.29 is 0 Å². The van der Waals surface area contributed by atoms with Gasteiger partial charge in [0.05, 0.1) is 0 Å². The molecule has 2 aromatic heterocycles. The standard InChI is InChI=1S/C12H15N3S2/c1-2-10(13)7-9-3-4-11(15-8-9)17-12-14-5-6-16-12/h3-6,8,10H,2,7,13H2,1H3. The van der Waals surface area contributed by atoms with Crippen LogP contribution >= 0.6 is 23.1 Å². The Kier molecular flexibility index (Phi) is 4.53. The van der Waals surface area contributed by atoms with Crippen LogP contribution in [-0.2, 0) is 6.42 Å². The van der Waals surface area contributed by atoms with Gasteiger partial charge in [-0.25, -0.2) is 9.97 Å². The van der Waals surface area contributed by atoms with Crippen LogP contribution in [0.3, 0.4) is 0 Å². The molecule has 0 spiro atoms. The minimum Gasteiger partial charge on any atom is -0.327 e. The summed E-state index contributed by atoms with van der Waals surface area (Å²) < 4.78 is 1.02. The third-order valence-corrected chi connectivity index (χ3v) is 4.26. The van der Waals surface area contributed by atoms with Gasteiger partial charge in [-0.1, -0.05) is 13.0 Å². The predicted octanol–water partition coefficient (Wildman–Crippen LogP) is 2.97. The van der Waals surface area contributed by atoms with Crippen molar-refractivity contribution in [2.24, 2.45) is 5.73 Å². The molecule has 5 heteroatoms. The van der Waals surface area contributed by atoms with Crippen molar-refractivity contribution in [1.82, 2.24) is 9.97 Å². The summed E-state index contributed by atoms with van der Waals surface area (Å²) in [6.07, 6.45) is 5.61. The van der Waals surface area contributed by atoms with E-state index in [1.54, 1.807) is 23.1 Å². The van der Waals surface area contributed by atoms with Crippen molar-refractivity contribution in [2.45, 2.75) is 35.2 Å². The van der Waals surface area contributed by atoms with Gasteiger partial charge in [0.25, 0.3) is 0 Å². The molecule has 0 aromatic carbocycles. The second kappa shape index (κ2) is 6.14. The van der Waals surface area contributed by atoms with Crippen molar-refractivity contribution in [2.75, 3.05) is 0 Å². The summed E-state index contributed by atoms with van der Waals surface area (Å²) >= 11 is 3.22. The van der Waals surface area contributed by atoms with E-state index in [0.717, 1.165) is 22.2 Å². The zero-order chi connectivity index (χ0) is 12.1. The van der Waals surface area contributed by atoms with E-state index in [1.165, 1.54) is 5.56 Å². The summed E-state index contributed by atoms with van der Waals surface area (Å²) in [4.78, 5) is 8.63. The molecular weight excluding hydrogens is 250 g/mol. The molecule has 2 heterocycles. The van der Waals surface area contributed by atoms with Gasteiger partial charge in [-0.05, 0) is 36.2 Å². The van der Waals surface area contributed by atoms with Gasteiger partial charge < -0.3 is 5.73 Å². The van der Waals surface area contributed by atoms with Crippen molar-refractivity contribution >= 4 is 23.1 Å². The Hall–Kier alpha value is -0.910. The first-order chi connectivity index (χ1) is 8.28. The minimum absolute atomic E-state index is 0.231. The highest BCUT2D eigenvalue weighted by Crippen LogP contribution is 2.27. The monoisotopic (exact) mass is 265 g/mol. The van der Waals surface area contributed by atoms with Crippen LogP contribution in [0.5, 0.6) is 0 Å². The van der Waals surface area contributed by atoms with E-state index in [4.69, 9.17) is 5.73 Å². The predicted molar refractivity (Wildman–Crippen MR) is 72.4 cm³/mol. The SMILES string of the molecule is CCC(N)Cc1ccc(Sc2nccs2)nc1. The van der Waals surface area contributed by atoms with Crippen LogP contribution in [0.1, 0.15) is 18.9 Å². The Morgan fingerprint density at radius 2 is 2.29 bits per heavy atom. The topological polar surface area (TPSA) is 51.8 Å². The molecule has 0 aliphatic rings. The van der Waals surface area contributed by atoms with Crippen LogP contribution < -0.4 is 5.73 Å². The van der Waals surface area contributed by atoms with E-state index in [0.29, 0.717) is 0 Å². The highest BCUT2D eigenvalue weighted by atomic mass is 32.2. The maximum Gasteiger partial charge on any atom is 0.156 e. The lowest BCUT2D eigenvalue weighted by molar-refractivity contribution is 0.644. The first kappa shape index (κ1) is 12.5. The zero-order valence-electron chi connectivity index (χ0n) is 9.67. The fourth-order valence-electron chi connectivity index (χ4n) is 1.39. The lowest BCUT2D eigenvalue weighted by atomic mass is 10.1. The van der Waals surface area contributed by atoms with Crippen LogP contribution in [-0.4, -0.2) is 16.0 Å². The van der Waals surface area contributed by atoms with Crippen molar-refractivity contribution in [3.8, 4) is 0 Å². The molecule has 1 atom stereocenters. The fourth-order valence-corrected chi connectivity index (χ4v) is 2.90. The third-order valence-electron chi connectivity index (χ3n) is 2.42. The number of hydrogen-bond donors (Lipinski definition) is 1. The molecule has 2 aromatic rings. The van der Waals surface area contributed by atoms with Crippen LogP contribution in [0.2, 0.25) is 0 Å². The molecule has 0 radical (unpaired) electrons. The highest BCUT2D eigenvalue weighted by molar-refractivity contribution is 8.00. The number of nitrogens with two attached hydrogens (primary N) is 1. The summed E-state index contributed by atoms with van der Waals surface area (Å²) in [5.41, 5.74) is 7.11.